The monoisotopic (exact) mass is 278 g/mol. The Labute approximate surface area is 122 Å². The molecule has 0 fully saturated rings. The summed E-state index contributed by atoms with van der Waals surface area (Å²) in [6.45, 7) is 0.863. The lowest BCUT2D eigenvalue weighted by Gasteiger charge is -2.29. The summed E-state index contributed by atoms with van der Waals surface area (Å²) in [5.74, 6) is 0. The molecule has 2 aliphatic heterocycles. The molecule has 0 amide bonds. The first-order chi connectivity index (χ1) is 9.84. The molecule has 2 nitrogen and oxygen atoms in total. The molecule has 2 N–H and O–H groups in total. The number of benzene rings is 2. The van der Waals surface area contributed by atoms with E-state index in [1.807, 2.05) is 17.8 Å². The van der Waals surface area contributed by atoms with Crippen LogP contribution in [0.4, 0.5) is 5.69 Å². The van der Waals surface area contributed by atoms with E-state index in [1.54, 1.807) is 0 Å². The first-order valence-electron chi connectivity index (χ1n) is 6.65. The minimum Gasteiger partial charge on any atom is -0.397 e. The van der Waals surface area contributed by atoms with Crippen molar-refractivity contribution in [1.82, 2.24) is 0 Å². The Morgan fingerprint density at radius 3 is 2.60 bits per heavy atom. The van der Waals surface area contributed by atoms with Crippen molar-refractivity contribution in [2.75, 3.05) is 11.4 Å². The van der Waals surface area contributed by atoms with Gasteiger partial charge in [-0.15, -0.1) is 0 Å². The van der Waals surface area contributed by atoms with E-state index in [4.69, 9.17) is 5.73 Å². The molecule has 2 aromatic rings. The number of allylic oxidation sites excluding steroid dienone is 1. The van der Waals surface area contributed by atoms with Crippen LogP contribution in [0.15, 0.2) is 76.2 Å². The van der Waals surface area contributed by atoms with Crippen molar-refractivity contribution < 1.29 is 0 Å². The number of rotatable bonds is 0. The lowest BCUT2D eigenvalue weighted by molar-refractivity contribution is 1.05. The van der Waals surface area contributed by atoms with Crippen molar-refractivity contribution in [3.8, 4) is 0 Å². The molecule has 0 saturated heterocycles. The number of hydrogen-bond donors (Lipinski definition) is 1. The Balaban J connectivity index is 2.05. The van der Waals surface area contributed by atoms with E-state index in [0.29, 0.717) is 0 Å². The maximum Gasteiger partial charge on any atom is 0.0732 e. The SMILES string of the molecule is NC1=C2c3ccccc3Sc3ccccc3N2CC=C1. The number of hydrogen-bond acceptors (Lipinski definition) is 3. The van der Waals surface area contributed by atoms with Crippen LogP contribution < -0.4 is 10.6 Å². The lowest BCUT2D eigenvalue weighted by atomic mass is 10.0. The topological polar surface area (TPSA) is 29.3 Å². The number of para-hydroxylation sites is 1. The molecule has 0 spiro atoms. The van der Waals surface area contributed by atoms with Crippen molar-refractivity contribution in [2.45, 2.75) is 9.79 Å². The highest BCUT2D eigenvalue weighted by Gasteiger charge is 2.26. The summed E-state index contributed by atoms with van der Waals surface area (Å²) in [5.41, 5.74) is 10.7. The number of nitrogens with zero attached hydrogens (tertiary/aromatic N) is 1. The Morgan fingerprint density at radius 2 is 1.70 bits per heavy atom. The molecule has 0 aromatic heterocycles. The van der Waals surface area contributed by atoms with Crippen LogP contribution in [-0.4, -0.2) is 6.54 Å². The van der Waals surface area contributed by atoms with Gasteiger partial charge in [-0.1, -0.05) is 48.2 Å². The molecule has 20 heavy (non-hydrogen) atoms. The number of anilines is 1. The highest BCUT2D eigenvalue weighted by molar-refractivity contribution is 7.99. The van der Waals surface area contributed by atoms with Gasteiger partial charge in [0.25, 0.3) is 0 Å². The highest BCUT2D eigenvalue weighted by atomic mass is 32.2. The number of nitrogens with two attached hydrogens (primary N) is 1. The summed E-state index contributed by atoms with van der Waals surface area (Å²) in [7, 11) is 0. The lowest BCUT2D eigenvalue weighted by Crippen LogP contribution is -2.27. The van der Waals surface area contributed by atoms with Crippen molar-refractivity contribution in [1.29, 1.82) is 0 Å². The van der Waals surface area contributed by atoms with Crippen LogP contribution in [0.5, 0.6) is 0 Å². The standard InChI is InChI=1S/C17H14N2S/c18-13-7-5-11-19-14-8-2-4-10-16(14)20-15-9-3-1-6-12(15)17(13)19/h1-10H,11,18H2. The Morgan fingerprint density at radius 1 is 0.950 bits per heavy atom. The molecule has 0 bridgehead atoms. The minimum absolute atomic E-state index is 0.834. The van der Waals surface area contributed by atoms with Crippen molar-refractivity contribution in [3.05, 3.63) is 71.9 Å². The maximum absolute atomic E-state index is 6.27. The van der Waals surface area contributed by atoms with E-state index in [2.05, 4.69) is 59.5 Å². The second-order valence-electron chi connectivity index (χ2n) is 4.88. The van der Waals surface area contributed by atoms with E-state index in [0.717, 1.165) is 17.9 Å². The van der Waals surface area contributed by atoms with E-state index >= 15 is 0 Å². The van der Waals surface area contributed by atoms with Gasteiger partial charge in [0.05, 0.1) is 17.1 Å². The summed E-state index contributed by atoms with van der Waals surface area (Å²) in [4.78, 5) is 4.84. The second kappa shape index (κ2) is 4.46. The van der Waals surface area contributed by atoms with Gasteiger partial charge in [0.2, 0.25) is 0 Å². The molecule has 2 heterocycles. The summed E-state index contributed by atoms with van der Waals surface area (Å²) in [5, 5.41) is 0. The fourth-order valence-corrected chi connectivity index (χ4v) is 3.85. The minimum atomic E-state index is 0.834. The molecular formula is C17H14N2S. The van der Waals surface area contributed by atoms with Gasteiger partial charge >= 0.3 is 0 Å². The zero-order chi connectivity index (χ0) is 13.5. The van der Waals surface area contributed by atoms with Crippen LogP contribution in [0, 0.1) is 0 Å². The van der Waals surface area contributed by atoms with Gasteiger partial charge in [0, 0.05) is 21.9 Å². The van der Waals surface area contributed by atoms with Gasteiger partial charge < -0.3 is 10.6 Å². The van der Waals surface area contributed by atoms with Gasteiger partial charge in [0.1, 0.15) is 0 Å². The van der Waals surface area contributed by atoms with E-state index < -0.39 is 0 Å². The molecule has 2 aliphatic rings. The predicted molar refractivity (Wildman–Crippen MR) is 84.6 cm³/mol. The van der Waals surface area contributed by atoms with Crippen LogP contribution in [-0.2, 0) is 0 Å². The van der Waals surface area contributed by atoms with Crippen LogP contribution in [0.3, 0.4) is 0 Å². The maximum atomic E-state index is 6.27. The predicted octanol–water partition coefficient (Wildman–Crippen LogP) is 3.85. The second-order valence-corrected chi connectivity index (χ2v) is 5.97. The van der Waals surface area contributed by atoms with Crippen LogP contribution in [0.1, 0.15) is 5.56 Å². The third-order valence-electron chi connectivity index (χ3n) is 3.65. The zero-order valence-corrected chi connectivity index (χ0v) is 11.7. The molecule has 0 saturated carbocycles. The summed E-state index contributed by atoms with van der Waals surface area (Å²) in [6.07, 6.45) is 4.13. The molecule has 0 aliphatic carbocycles. The summed E-state index contributed by atoms with van der Waals surface area (Å²) in [6, 6.07) is 17.0. The van der Waals surface area contributed by atoms with Crippen LogP contribution >= 0.6 is 11.8 Å². The van der Waals surface area contributed by atoms with Gasteiger partial charge in [-0.05, 0) is 24.3 Å². The molecule has 0 unspecified atom stereocenters. The van der Waals surface area contributed by atoms with Crippen molar-refractivity contribution in [3.63, 3.8) is 0 Å². The summed E-state index contributed by atoms with van der Waals surface area (Å²) < 4.78 is 0. The molecule has 98 valence electrons. The Hall–Kier alpha value is -2.13. The third-order valence-corrected chi connectivity index (χ3v) is 4.79. The quantitative estimate of drug-likeness (QED) is 0.793. The first-order valence-corrected chi connectivity index (χ1v) is 7.46. The highest BCUT2D eigenvalue weighted by Crippen LogP contribution is 2.46. The fraction of sp³-hybridized carbons (Fsp3) is 0.0588. The normalized spacial score (nSPS) is 16.3. The molecule has 2 aromatic carbocycles. The van der Waals surface area contributed by atoms with Gasteiger partial charge in [-0.3, -0.25) is 0 Å². The Bertz CT molecular complexity index is 746. The molecule has 3 heteroatoms. The smallest absolute Gasteiger partial charge is 0.0732 e. The third kappa shape index (κ3) is 1.67. The first kappa shape index (κ1) is 11.7. The van der Waals surface area contributed by atoms with Crippen LogP contribution in [0.25, 0.3) is 5.70 Å². The zero-order valence-electron chi connectivity index (χ0n) is 10.9. The van der Waals surface area contributed by atoms with E-state index in [1.165, 1.54) is 21.0 Å². The molecular weight excluding hydrogens is 264 g/mol. The van der Waals surface area contributed by atoms with E-state index in [9.17, 15) is 0 Å². The molecule has 4 rings (SSSR count). The van der Waals surface area contributed by atoms with Gasteiger partial charge in [-0.25, -0.2) is 0 Å². The van der Waals surface area contributed by atoms with Gasteiger partial charge in [-0.2, -0.15) is 0 Å². The van der Waals surface area contributed by atoms with Crippen molar-refractivity contribution >= 4 is 23.1 Å². The average molecular weight is 278 g/mol. The molecule has 0 atom stereocenters. The van der Waals surface area contributed by atoms with E-state index in [-0.39, 0.29) is 0 Å². The van der Waals surface area contributed by atoms with Crippen LogP contribution in [0.2, 0.25) is 0 Å². The Kier molecular flexibility index (Phi) is 2.60. The molecule has 0 radical (unpaired) electrons. The fourth-order valence-electron chi connectivity index (χ4n) is 2.77. The summed E-state index contributed by atoms with van der Waals surface area (Å²) >= 11 is 1.81. The van der Waals surface area contributed by atoms with Crippen molar-refractivity contribution in [2.24, 2.45) is 5.73 Å². The largest absolute Gasteiger partial charge is 0.397 e. The average Bonchev–Trinajstić information content (AvgIpc) is 2.62. The number of fused-ring (bicyclic) bond motifs is 5. The van der Waals surface area contributed by atoms with Gasteiger partial charge in [0.15, 0.2) is 0 Å².